The van der Waals surface area contributed by atoms with Gasteiger partial charge in [0.25, 0.3) is 5.91 Å². The van der Waals surface area contributed by atoms with Crippen LogP contribution >= 0.6 is 34.8 Å². The number of imidazole rings is 1. The van der Waals surface area contributed by atoms with Crippen molar-refractivity contribution in [3.8, 4) is 5.88 Å². The van der Waals surface area contributed by atoms with E-state index >= 15 is 0 Å². The van der Waals surface area contributed by atoms with Gasteiger partial charge in [-0.25, -0.2) is 4.99 Å². The van der Waals surface area contributed by atoms with Gasteiger partial charge in [-0.2, -0.15) is 0 Å². The molecule has 1 aromatic carbocycles. The van der Waals surface area contributed by atoms with Crippen molar-refractivity contribution in [1.29, 1.82) is 0 Å². The zero-order chi connectivity index (χ0) is 12.9. The van der Waals surface area contributed by atoms with Gasteiger partial charge in [0, 0.05) is 8.79 Å². The van der Waals surface area contributed by atoms with E-state index in [2.05, 4.69) is 37.6 Å². The summed E-state index contributed by atoms with van der Waals surface area (Å²) >= 11 is 7.05. The van der Waals surface area contributed by atoms with Crippen molar-refractivity contribution in [3.05, 3.63) is 42.8 Å². The van der Waals surface area contributed by atoms with E-state index in [1.54, 1.807) is 6.07 Å². The number of hydrogen-bond acceptors (Lipinski definition) is 3. The SMILES string of the molecule is O=C1N=c2ccc(I)cc2=C1c1[nH]c(=S)[nH]c1O. The fourth-order valence-electron chi connectivity index (χ4n) is 1.88. The molecule has 0 fully saturated rings. The van der Waals surface area contributed by atoms with E-state index in [0.717, 1.165) is 3.57 Å². The third kappa shape index (κ3) is 1.70. The van der Waals surface area contributed by atoms with E-state index < -0.39 is 0 Å². The Labute approximate surface area is 119 Å². The first-order valence-electron chi connectivity index (χ1n) is 5.01. The van der Waals surface area contributed by atoms with E-state index in [9.17, 15) is 9.90 Å². The van der Waals surface area contributed by atoms with Crippen LogP contribution in [0, 0.1) is 8.34 Å². The Kier molecular flexibility index (Phi) is 2.59. The largest absolute Gasteiger partial charge is 0.493 e. The first kappa shape index (κ1) is 11.6. The van der Waals surface area contributed by atoms with Crippen LogP contribution in [0.4, 0.5) is 0 Å². The minimum atomic E-state index is -0.382. The highest BCUT2D eigenvalue weighted by Crippen LogP contribution is 2.21. The molecule has 0 saturated heterocycles. The Bertz CT molecular complexity index is 850. The lowest BCUT2D eigenvalue weighted by Gasteiger charge is -1.96. The van der Waals surface area contributed by atoms with Crippen molar-refractivity contribution in [2.75, 3.05) is 0 Å². The predicted octanol–water partition coefficient (Wildman–Crippen LogP) is 0.741. The number of carbonyl (C=O) groups excluding carboxylic acids is 1. The summed E-state index contributed by atoms with van der Waals surface area (Å²) in [4.78, 5) is 21.2. The molecule has 5 nitrogen and oxygen atoms in total. The van der Waals surface area contributed by atoms with Crippen LogP contribution in [0.5, 0.6) is 5.88 Å². The summed E-state index contributed by atoms with van der Waals surface area (Å²) in [5, 5.41) is 11.0. The second kappa shape index (κ2) is 4.02. The molecule has 2 heterocycles. The number of nitrogens with zero attached hydrogens (tertiary/aromatic N) is 1. The summed E-state index contributed by atoms with van der Waals surface area (Å²) in [7, 11) is 0. The van der Waals surface area contributed by atoms with Gasteiger partial charge >= 0.3 is 0 Å². The van der Waals surface area contributed by atoms with E-state index in [1.807, 2.05) is 12.1 Å². The van der Waals surface area contributed by atoms with Crippen LogP contribution in [0.1, 0.15) is 5.69 Å². The third-order valence-electron chi connectivity index (χ3n) is 2.62. The number of fused-ring (bicyclic) bond motifs is 1. The molecule has 90 valence electrons. The summed E-state index contributed by atoms with van der Waals surface area (Å²) < 4.78 is 1.25. The van der Waals surface area contributed by atoms with Gasteiger partial charge in [0.1, 0.15) is 5.69 Å². The maximum Gasteiger partial charge on any atom is 0.280 e. The highest BCUT2D eigenvalue weighted by Gasteiger charge is 2.22. The molecule has 7 heteroatoms. The molecular weight excluding hydrogens is 365 g/mol. The molecule has 1 aliphatic heterocycles. The Hall–Kier alpha value is -1.48. The van der Waals surface area contributed by atoms with Crippen LogP contribution < -0.4 is 10.6 Å². The van der Waals surface area contributed by atoms with Gasteiger partial charge in [-0.1, -0.05) is 0 Å². The topological polar surface area (TPSA) is 81.2 Å². The molecule has 0 saturated carbocycles. The van der Waals surface area contributed by atoms with Crippen molar-refractivity contribution < 1.29 is 9.90 Å². The Morgan fingerprint density at radius 2 is 2.11 bits per heavy atom. The van der Waals surface area contributed by atoms with Crippen LogP contribution in [0.2, 0.25) is 0 Å². The van der Waals surface area contributed by atoms with Gasteiger partial charge < -0.3 is 15.1 Å². The van der Waals surface area contributed by atoms with Gasteiger partial charge in [-0.15, -0.1) is 0 Å². The molecular formula is C11H6IN3O2S. The smallest absolute Gasteiger partial charge is 0.280 e. The van der Waals surface area contributed by atoms with Crippen molar-refractivity contribution in [3.63, 3.8) is 0 Å². The minimum Gasteiger partial charge on any atom is -0.493 e. The molecule has 18 heavy (non-hydrogen) atoms. The Morgan fingerprint density at radius 3 is 2.78 bits per heavy atom. The molecule has 3 N–H and O–H groups in total. The van der Waals surface area contributed by atoms with E-state index in [0.29, 0.717) is 16.1 Å². The van der Waals surface area contributed by atoms with Gasteiger partial charge in [0.15, 0.2) is 4.77 Å². The molecule has 2 aromatic rings. The summed E-state index contributed by atoms with van der Waals surface area (Å²) in [6, 6.07) is 5.50. The molecule has 1 aliphatic rings. The fraction of sp³-hybridized carbons (Fsp3) is 0. The standard InChI is InChI=1S/C11H6IN3O2S/c12-4-1-2-6-5(3-4)7(9(16)13-6)8-10(17)15-11(18)14-8/h1-3,17H,(H2,14,15,18). The number of H-pyrrole nitrogens is 2. The molecule has 3 rings (SSSR count). The first-order chi connectivity index (χ1) is 8.56. The van der Waals surface area contributed by atoms with E-state index in [4.69, 9.17) is 12.2 Å². The number of benzene rings is 1. The van der Waals surface area contributed by atoms with Crippen molar-refractivity contribution >= 4 is 46.3 Å². The Morgan fingerprint density at radius 1 is 1.33 bits per heavy atom. The van der Waals surface area contributed by atoms with Crippen LogP contribution in [-0.4, -0.2) is 21.0 Å². The lowest BCUT2D eigenvalue weighted by molar-refractivity contribution is -0.112. The second-order valence-corrected chi connectivity index (χ2v) is 5.41. The molecule has 1 aromatic heterocycles. The summed E-state index contributed by atoms with van der Waals surface area (Å²) in [6.45, 7) is 0. The summed E-state index contributed by atoms with van der Waals surface area (Å²) in [5.41, 5.74) is 0.628. The number of aromatic amines is 2. The van der Waals surface area contributed by atoms with Gasteiger partial charge in [0.2, 0.25) is 5.88 Å². The number of aromatic nitrogens is 2. The molecule has 0 unspecified atom stereocenters. The maximum atomic E-state index is 11.9. The summed E-state index contributed by atoms with van der Waals surface area (Å²) in [6.07, 6.45) is 0. The normalized spacial score (nSPS) is 13.6. The fourth-order valence-corrected chi connectivity index (χ4v) is 2.57. The lowest BCUT2D eigenvalue weighted by Crippen LogP contribution is -2.23. The molecule has 0 aliphatic carbocycles. The molecule has 0 radical (unpaired) electrons. The highest BCUT2D eigenvalue weighted by atomic mass is 127. The average molecular weight is 371 g/mol. The number of nitrogens with one attached hydrogen (secondary N) is 2. The van der Waals surface area contributed by atoms with Crippen LogP contribution in [-0.2, 0) is 4.79 Å². The zero-order valence-corrected chi connectivity index (χ0v) is 11.8. The van der Waals surface area contributed by atoms with Crippen molar-refractivity contribution in [1.82, 2.24) is 9.97 Å². The lowest BCUT2D eigenvalue weighted by atomic mass is 10.1. The Balaban J connectivity index is 2.45. The van der Waals surface area contributed by atoms with E-state index in [-0.39, 0.29) is 22.3 Å². The van der Waals surface area contributed by atoms with Crippen molar-refractivity contribution in [2.45, 2.75) is 0 Å². The highest BCUT2D eigenvalue weighted by molar-refractivity contribution is 14.1. The number of halogens is 1. The summed E-state index contributed by atoms with van der Waals surface area (Å²) in [5.74, 6) is -0.530. The predicted molar refractivity (Wildman–Crippen MR) is 75.1 cm³/mol. The first-order valence-corrected chi connectivity index (χ1v) is 6.49. The maximum absolute atomic E-state index is 11.9. The van der Waals surface area contributed by atoms with Gasteiger partial charge in [-0.3, -0.25) is 4.79 Å². The number of amides is 1. The number of aromatic hydroxyl groups is 1. The number of carbonyl (C=O) groups is 1. The van der Waals surface area contributed by atoms with Gasteiger partial charge in [-0.05, 0) is 53.0 Å². The quantitative estimate of drug-likeness (QED) is 0.511. The number of hydrogen-bond donors (Lipinski definition) is 3. The molecule has 0 spiro atoms. The second-order valence-electron chi connectivity index (χ2n) is 3.76. The monoisotopic (exact) mass is 371 g/mol. The molecule has 0 bridgehead atoms. The average Bonchev–Trinajstić information content (AvgIpc) is 2.77. The zero-order valence-electron chi connectivity index (χ0n) is 8.82. The minimum absolute atomic E-state index is 0.148. The molecule has 1 amide bonds. The van der Waals surface area contributed by atoms with Gasteiger partial charge in [0.05, 0.1) is 10.9 Å². The van der Waals surface area contributed by atoms with Crippen molar-refractivity contribution in [2.24, 2.45) is 4.99 Å². The van der Waals surface area contributed by atoms with E-state index in [1.165, 1.54) is 0 Å². The third-order valence-corrected chi connectivity index (χ3v) is 3.50. The van der Waals surface area contributed by atoms with Crippen LogP contribution in [0.3, 0.4) is 0 Å². The van der Waals surface area contributed by atoms with Crippen LogP contribution in [0.25, 0.3) is 5.57 Å². The number of rotatable bonds is 1. The molecule has 0 atom stereocenters. The van der Waals surface area contributed by atoms with Crippen LogP contribution in [0.15, 0.2) is 23.2 Å².